The molecule has 1 fully saturated rings. The number of nitrogens with two attached hydrogens (primary N) is 1. The van der Waals surface area contributed by atoms with Crippen LogP contribution in [0.5, 0.6) is 5.75 Å². The molecule has 1 aliphatic rings. The molecule has 0 aliphatic carbocycles. The number of methoxy groups -OCH3 is 1. The Morgan fingerprint density at radius 1 is 0.955 bits per heavy atom. The van der Waals surface area contributed by atoms with E-state index in [9.17, 15) is 9.59 Å². The van der Waals surface area contributed by atoms with Crippen molar-refractivity contribution in [3.05, 3.63) is 111 Å². The summed E-state index contributed by atoms with van der Waals surface area (Å²) in [5, 5.41) is 0. The summed E-state index contributed by atoms with van der Waals surface area (Å²) >= 11 is 0. The van der Waals surface area contributed by atoms with Crippen LogP contribution in [0.3, 0.4) is 0 Å². The number of imidazole rings is 1. The number of aromatic nitrogens is 4. The van der Waals surface area contributed by atoms with Gasteiger partial charge in [-0.15, -0.1) is 0 Å². The SMILES string of the molecule is COc1c(N(C)[C@H]2CCN(Cc3ccc(-n4c(-c5cccnc5N)nc5ccc(-c6ccccc6)nc54)cc3)C2)c(=O)c1=O. The molecule has 0 unspecified atom stereocenters. The number of nitrogens with zero attached hydrogens (tertiary/aromatic N) is 6. The number of pyridine rings is 2. The zero-order valence-electron chi connectivity index (χ0n) is 24.5. The summed E-state index contributed by atoms with van der Waals surface area (Å²) in [4.78, 5) is 42.5. The number of nitrogen functional groups attached to an aromatic ring is 1. The first-order valence-electron chi connectivity index (χ1n) is 14.5. The minimum absolute atomic E-state index is 0.126. The molecule has 0 saturated carbocycles. The van der Waals surface area contributed by atoms with Crippen molar-refractivity contribution in [2.45, 2.75) is 19.0 Å². The van der Waals surface area contributed by atoms with Crippen LogP contribution < -0.4 is 26.2 Å². The molecule has 0 radical (unpaired) electrons. The molecule has 10 heteroatoms. The van der Waals surface area contributed by atoms with Crippen LogP contribution in [0, 0.1) is 0 Å². The molecular weight excluding hydrogens is 554 g/mol. The molecule has 4 heterocycles. The molecule has 44 heavy (non-hydrogen) atoms. The molecule has 2 N–H and O–H groups in total. The average molecular weight is 586 g/mol. The molecule has 10 nitrogen and oxygen atoms in total. The Bertz CT molecular complexity index is 2050. The van der Waals surface area contributed by atoms with Gasteiger partial charge in [0.15, 0.2) is 17.2 Å². The van der Waals surface area contributed by atoms with Crippen LogP contribution in [0.2, 0.25) is 0 Å². The van der Waals surface area contributed by atoms with Gasteiger partial charge in [0, 0.05) is 50.2 Å². The highest BCUT2D eigenvalue weighted by molar-refractivity contribution is 5.84. The second-order valence-corrected chi connectivity index (χ2v) is 11.1. The van der Waals surface area contributed by atoms with Crippen LogP contribution >= 0.6 is 0 Å². The van der Waals surface area contributed by atoms with Crippen LogP contribution in [0.4, 0.5) is 11.5 Å². The Balaban J connectivity index is 1.18. The van der Waals surface area contributed by atoms with Gasteiger partial charge in [0.05, 0.1) is 18.4 Å². The topological polar surface area (TPSA) is 119 Å². The van der Waals surface area contributed by atoms with E-state index < -0.39 is 10.9 Å². The van der Waals surface area contributed by atoms with Crippen molar-refractivity contribution in [3.8, 4) is 34.1 Å². The Morgan fingerprint density at radius 2 is 1.75 bits per heavy atom. The highest BCUT2D eigenvalue weighted by atomic mass is 16.5. The average Bonchev–Trinajstić information content (AvgIpc) is 3.68. The molecule has 0 amide bonds. The number of rotatable bonds is 8. The Labute approximate surface area is 253 Å². The minimum atomic E-state index is -0.546. The fourth-order valence-corrected chi connectivity index (χ4v) is 6.09. The highest BCUT2D eigenvalue weighted by Crippen LogP contribution is 2.32. The molecule has 220 valence electrons. The van der Waals surface area contributed by atoms with E-state index in [-0.39, 0.29) is 11.8 Å². The summed E-state index contributed by atoms with van der Waals surface area (Å²) in [6.45, 7) is 2.43. The van der Waals surface area contributed by atoms with E-state index in [1.807, 2.05) is 71.1 Å². The summed E-state index contributed by atoms with van der Waals surface area (Å²) in [6.07, 6.45) is 2.56. The summed E-state index contributed by atoms with van der Waals surface area (Å²) in [5.41, 5.74) is 11.9. The van der Waals surface area contributed by atoms with Gasteiger partial charge in [0.2, 0.25) is 0 Å². The lowest BCUT2D eigenvalue weighted by Gasteiger charge is -2.28. The van der Waals surface area contributed by atoms with Gasteiger partial charge in [-0.05, 0) is 48.4 Å². The zero-order valence-corrected chi connectivity index (χ0v) is 24.5. The second kappa shape index (κ2) is 11.1. The van der Waals surface area contributed by atoms with Crippen LogP contribution in [0.25, 0.3) is 39.5 Å². The van der Waals surface area contributed by atoms with Gasteiger partial charge >= 0.3 is 0 Å². The maximum absolute atomic E-state index is 12.2. The summed E-state index contributed by atoms with van der Waals surface area (Å²) in [7, 11) is 3.29. The summed E-state index contributed by atoms with van der Waals surface area (Å²) < 4.78 is 7.20. The Hall–Kier alpha value is -5.35. The smallest absolute Gasteiger partial charge is 0.272 e. The van der Waals surface area contributed by atoms with E-state index in [1.54, 1.807) is 6.20 Å². The molecule has 1 saturated heterocycles. The number of anilines is 2. The quantitative estimate of drug-likeness (QED) is 0.264. The van der Waals surface area contributed by atoms with E-state index >= 15 is 0 Å². The summed E-state index contributed by atoms with van der Waals surface area (Å²) in [5.74, 6) is 1.24. The minimum Gasteiger partial charge on any atom is -0.491 e. The van der Waals surface area contributed by atoms with Gasteiger partial charge in [0.1, 0.15) is 17.0 Å². The van der Waals surface area contributed by atoms with Crippen molar-refractivity contribution in [2.75, 3.05) is 37.9 Å². The number of hydrogen-bond acceptors (Lipinski definition) is 9. The third kappa shape index (κ3) is 4.69. The number of likely N-dealkylation sites (N-methyl/N-ethyl adjacent to an activating group) is 1. The fourth-order valence-electron chi connectivity index (χ4n) is 6.09. The van der Waals surface area contributed by atoms with Gasteiger partial charge in [-0.1, -0.05) is 42.5 Å². The normalized spacial score (nSPS) is 15.3. The van der Waals surface area contributed by atoms with Crippen molar-refractivity contribution in [3.63, 3.8) is 0 Å². The predicted octanol–water partition coefficient (Wildman–Crippen LogP) is 4.05. The lowest BCUT2D eigenvalue weighted by Crippen LogP contribution is -2.44. The lowest BCUT2D eigenvalue weighted by atomic mass is 10.1. The Morgan fingerprint density at radius 3 is 2.50 bits per heavy atom. The maximum Gasteiger partial charge on any atom is 0.272 e. The van der Waals surface area contributed by atoms with Gasteiger partial charge in [-0.2, -0.15) is 0 Å². The van der Waals surface area contributed by atoms with Crippen LogP contribution in [0.1, 0.15) is 12.0 Å². The molecule has 1 atom stereocenters. The Kier molecular flexibility index (Phi) is 6.90. The molecule has 0 spiro atoms. The van der Waals surface area contributed by atoms with E-state index in [0.717, 1.165) is 65.3 Å². The van der Waals surface area contributed by atoms with Crippen molar-refractivity contribution < 1.29 is 4.74 Å². The third-order valence-electron chi connectivity index (χ3n) is 8.45. The van der Waals surface area contributed by atoms with Gasteiger partial charge in [-0.3, -0.25) is 19.1 Å². The van der Waals surface area contributed by atoms with Crippen LogP contribution in [0.15, 0.2) is 94.6 Å². The third-order valence-corrected chi connectivity index (χ3v) is 8.45. The van der Waals surface area contributed by atoms with E-state index in [0.29, 0.717) is 17.3 Å². The summed E-state index contributed by atoms with van der Waals surface area (Å²) in [6, 6.07) is 26.4. The second-order valence-electron chi connectivity index (χ2n) is 11.1. The first kappa shape index (κ1) is 27.5. The monoisotopic (exact) mass is 585 g/mol. The van der Waals surface area contributed by atoms with Crippen LogP contribution in [-0.2, 0) is 6.54 Å². The molecule has 7 rings (SSSR count). The first-order valence-corrected chi connectivity index (χ1v) is 14.5. The number of benzene rings is 2. The maximum atomic E-state index is 12.2. The van der Waals surface area contributed by atoms with Crippen LogP contribution in [-0.4, -0.2) is 57.7 Å². The van der Waals surface area contributed by atoms with Gasteiger partial charge in [-0.25, -0.2) is 15.0 Å². The highest BCUT2D eigenvalue weighted by Gasteiger charge is 2.32. The number of fused-ring (bicyclic) bond motifs is 1. The lowest BCUT2D eigenvalue weighted by molar-refractivity contribution is 0.325. The van der Waals surface area contributed by atoms with Crippen molar-refractivity contribution in [2.24, 2.45) is 0 Å². The molecule has 1 aliphatic heterocycles. The van der Waals surface area contributed by atoms with Crippen molar-refractivity contribution in [1.29, 1.82) is 0 Å². The van der Waals surface area contributed by atoms with Crippen molar-refractivity contribution in [1.82, 2.24) is 24.4 Å². The largest absolute Gasteiger partial charge is 0.491 e. The number of likely N-dealkylation sites (tertiary alicyclic amines) is 1. The molecule has 3 aromatic carbocycles. The predicted molar refractivity (Wildman–Crippen MR) is 172 cm³/mol. The molecule has 0 bridgehead atoms. The molecular formula is C34H31N7O3. The van der Waals surface area contributed by atoms with Gasteiger partial charge < -0.3 is 15.4 Å². The molecule has 3 aromatic heterocycles. The molecule has 6 aromatic rings. The standard InChI is InChI=1S/C34H31N7O3/c1-39(28-29(42)30(43)31(28)44-2)24-16-18-40(20-24)19-21-10-12-23(13-11-21)41-33(25-9-6-17-36-32(25)35)38-27-15-14-26(37-34(27)41)22-7-4-3-5-8-22/h3-15,17,24H,16,18-20H2,1-2H3,(H2,35,36)/t24-/m0/s1. The van der Waals surface area contributed by atoms with Crippen molar-refractivity contribution >= 4 is 22.7 Å². The van der Waals surface area contributed by atoms with E-state index in [4.69, 9.17) is 20.4 Å². The zero-order chi connectivity index (χ0) is 30.4. The fraction of sp³-hybridized carbons (Fsp3) is 0.206. The van der Waals surface area contributed by atoms with E-state index in [2.05, 4.69) is 34.1 Å². The number of ether oxygens (including phenoxy) is 1. The first-order chi connectivity index (χ1) is 21.4. The number of hydrogen-bond donors (Lipinski definition) is 1. The van der Waals surface area contributed by atoms with E-state index in [1.165, 1.54) is 7.11 Å². The van der Waals surface area contributed by atoms with Gasteiger partial charge in [0.25, 0.3) is 10.9 Å².